The molecule has 0 heterocycles. The van der Waals surface area contributed by atoms with Crippen molar-refractivity contribution in [2.45, 2.75) is 6.61 Å². The van der Waals surface area contributed by atoms with Crippen molar-refractivity contribution in [1.82, 2.24) is 0 Å². The fraction of sp³-hybridized carbons (Fsp3) is 0.0370. The summed E-state index contributed by atoms with van der Waals surface area (Å²) in [7, 11) is 0. The smallest absolute Gasteiger partial charge is 0.289 e. The first-order valence-corrected chi connectivity index (χ1v) is 10.9. The Balaban J connectivity index is 1.69. The Bertz CT molecular complexity index is 1490. The Morgan fingerprint density at radius 3 is 2.54 bits per heavy atom. The average Bonchev–Trinajstić information content (AvgIpc) is 2.87. The molecule has 0 saturated carbocycles. The highest BCUT2D eigenvalue weighted by Crippen LogP contribution is 2.32. The maximum absolute atomic E-state index is 12.9. The number of ether oxygens (including phenoxy) is 1. The number of nitro groups is 1. The molecule has 0 saturated heterocycles. The summed E-state index contributed by atoms with van der Waals surface area (Å²) in [6.45, 7) is 0.308. The van der Waals surface area contributed by atoms with Crippen molar-refractivity contribution >= 4 is 45.7 Å². The van der Waals surface area contributed by atoms with Crippen molar-refractivity contribution < 1.29 is 14.5 Å². The van der Waals surface area contributed by atoms with Crippen LogP contribution in [-0.2, 0) is 11.4 Å². The van der Waals surface area contributed by atoms with Gasteiger partial charge in [0.15, 0.2) is 0 Å². The predicted molar refractivity (Wildman–Crippen MR) is 135 cm³/mol. The van der Waals surface area contributed by atoms with Crippen LogP contribution in [0.5, 0.6) is 5.75 Å². The van der Waals surface area contributed by atoms with Gasteiger partial charge in [-0.2, -0.15) is 5.26 Å². The number of hydrogen-bond donors (Lipinski definition) is 1. The van der Waals surface area contributed by atoms with Gasteiger partial charge < -0.3 is 10.1 Å². The lowest BCUT2D eigenvalue weighted by Gasteiger charge is -2.13. The number of halogens is 1. The van der Waals surface area contributed by atoms with Crippen LogP contribution in [0.15, 0.2) is 90.5 Å². The van der Waals surface area contributed by atoms with Gasteiger partial charge in [0.25, 0.3) is 11.6 Å². The van der Waals surface area contributed by atoms with Crippen LogP contribution in [0.1, 0.15) is 11.1 Å². The van der Waals surface area contributed by atoms with E-state index in [0.717, 1.165) is 22.4 Å². The number of nitrogens with zero attached hydrogens (tertiary/aromatic N) is 2. The maximum Gasteiger partial charge on any atom is 0.289 e. The molecule has 0 fully saturated rings. The topological polar surface area (TPSA) is 105 Å². The molecule has 4 rings (SSSR count). The Morgan fingerprint density at radius 2 is 1.80 bits per heavy atom. The lowest BCUT2D eigenvalue weighted by molar-refractivity contribution is -0.384. The molecule has 35 heavy (non-hydrogen) atoms. The van der Waals surface area contributed by atoms with Crippen LogP contribution < -0.4 is 10.1 Å². The zero-order chi connectivity index (χ0) is 24.8. The van der Waals surface area contributed by atoms with Gasteiger partial charge >= 0.3 is 0 Å². The molecule has 0 spiro atoms. The molecule has 4 aromatic rings. The average molecular weight is 484 g/mol. The summed E-state index contributed by atoms with van der Waals surface area (Å²) >= 11 is 5.84. The van der Waals surface area contributed by atoms with E-state index < -0.39 is 10.8 Å². The van der Waals surface area contributed by atoms with Crippen LogP contribution in [0, 0.1) is 21.4 Å². The number of carbonyl (C=O) groups excluding carboxylic acids is 1. The van der Waals surface area contributed by atoms with Crippen LogP contribution in [0.3, 0.4) is 0 Å². The SMILES string of the molecule is N#C/C(=C\c1c(OCc2ccccc2)ccc2ccccc12)C(=O)Nc1ccc(Cl)c([N+](=O)[O-])c1. The predicted octanol–water partition coefficient (Wildman–Crippen LogP) is 6.53. The number of fused-ring (bicyclic) bond motifs is 1. The number of nitrogens with one attached hydrogen (secondary N) is 1. The fourth-order valence-corrected chi connectivity index (χ4v) is 3.69. The van der Waals surface area contributed by atoms with Gasteiger partial charge in [-0.3, -0.25) is 14.9 Å². The van der Waals surface area contributed by atoms with E-state index in [1.54, 1.807) is 6.07 Å². The minimum atomic E-state index is -0.717. The highest BCUT2D eigenvalue weighted by atomic mass is 35.5. The first-order chi connectivity index (χ1) is 17.0. The number of nitro benzene ring substituents is 1. The van der Waals surface area contributed by atoms with E-state index in [4.69, 9.17) is 16.3 Å². The van der Waals surface area contributed by atoms with Gasteiger partial charge in [0.05, 0.1) is 4.92 Å². The van der Waals surface area contributed by atoms with Crippen LogP contribution >= 0.6 is 11.6 Å². The van der Waals surface area contributed by atoms with Crippen molar-refractivity contribution in [3.05, 3.63) is 117 Å². The summed E-state index contributed by atoms with van der Waals surface area (Å²) in [4.78, 5) is 23.4. The molecule has 7 nitrogen and oxygen atoms in total. The molecule has 4 aromatic carbocycles. The molecule has 0 aliphatic heterocycles. The Morgan fingerprint density at radius 1 is 1.06 bits per heavy atom. The zero-order valence-corrected chi connectivity index (χ0v) is 19.0. The molecule has 8 heteroatoms. The van der Waals surface area contributed by atoms with Crippen molar-refractivity contribution in [3.63, 3.8) is 0 Å². The molecular formula is C27H18ClN3O4. The van der Waals surface area contributed by atoms with E-state index in [-0.39, 0.29) is 22.0 Å². The lowest BCUT2D eigenvalue weighted by atomic mass is 10.0. The maximum atomic E-state index is 12.9. The van der Waals surface area contributed by atoms with Gasteiger partial charge in [-0.15, -0.1) is 0 Å². The molecule has 0 radical (unpaired) electrons. The van der Waals surface area contributed by atoms with Crippen LogP contribution in [0.4, 0.5) is 11.4 Å². The molecule has 0 atom stereocenters. The molecule has 1 amide bonds. The summed E-state index contributed by atoms with van der Waals surface area (Å²) in [5.41, 5.74) is 1.15. The largest absolute Gasteiger partial charge is 0.488 e. The van der Waals surface area contributed by atoms with Gasteiger partial charge in [-0.1, -0.05) is 72.3 Å². The van der Waals surface area contributed by atoms with Gasteiger partial charge in [0.2, 0.25) is 0 Å². The molecule has 0 bridgehead atoms. The minimum Gasteiger partial charge on any atom is -0.488 e. The highest BCUT2D eigenvalue weighted by Gasteiger charge is 2.17. The van der Waals surface area contributed by atoms with Crippen molar-refractivity contribution in [3.8, 4) is 11.8 Å². The van der Waals surface area contributed by atoms with Crippen LogP contribution in [-0.4, -0.2) is 10.8 Å². The highest BCUT2D eigenvalue weighted by molar-refractivity contribution is 6.32. The van der Waals surface area contributed by atoms with E-state index in [0.29, 0.717) is 17.9 Å². The van der Waals surface area contributed by atoms with E-state index in [2.05, 4.69) is 5.32 Å². The zero-order valence-electron chi connectivity index (χ0n) is 18.3. The Labute approximate surface area is 206 Å². The number of anilines is 1. The third-order valence-electron chi connectivity index (χ3n) is 5.22. The van der Waals surface area contributed by atoms with Crippen molar-refractivity contribution in [2.75, 3.05) is 5.32 Å². The van der Waals surface area contributed by atoms with Crippen molar-refractivity contribution in [1.29, 1.82) is 5.26 Å². The molecule has 0 aliphatic carbocycles. The molecular weight excluding hydrogens is 466 g/mol. The molecule has 0 aromatic heterocycles. The first-order valence-electron chi connectivity index (χ1n) is 10.5. The van der Waals surface area contributed by atoms with E-state index in [1.807, 2.05) is 66.7 Å². The lowest BCUT2D eigenvalue weighted by Crippen LogP contribution is -2.13. The summed E-state index contributed by atoms with van der Waals surface area (Å²) in [6.07, 6.45) is 1.46. The second kappa shape index (κ2) is 10.5. The van der Waals surface area contributed by atoms with Gasteiger partial charge in [-0.25, -0.2) is 0 Å². The van der Waals surface area contributed by atoms with Crippen molar-refractivity contribution in [2.24, 2.45) is 0 Å². The fourth-order valence-electron chi connectivity index (χ4n) is 3.51. The number of hydrogen-bond acceptors (Lipinski definition) is 5. The number of amides is 1. The first kappa shape index (κ1) is 23.5. The normalized spacial score (nSPS) is 11.0. The molecule has 0 aliphatic rings. The second-order valence-electron chi connectivity index (χ2n) is 7.52. The summed E-state index contributed by atoms with van der Waals surface area (Å²) in [5.74, 6) is -0.207. The number of carbonyl (C=O) groups is 1. The molecule has 1 N–H and O–H groups in total. The number of nitriles is 1. The molecule has 0 unspecified atom stereocenters. The number of benzene rings is 4. The summed E-state index contributed by atoms with van der Waals surface area (Å²) in [5, 5.41) is 25.1. The third kappa shape index (κ3) is 5.46. The van der Waals surface area contributed by atoms with E-state index >= 15 is 0 Å². The third-order valence-corrected chi connectivity index (χ3v) is 5.54. The number of rotatable bonds is 7. The van der Waals surface area contributed by atoms with Crippen LogP contribution in [0.2, 0.25) is 5.02 Å². The van der Waals surface area contributed by atoms with Gasteiger partial charge in [-0.05, 0) is 40.6 Å². The van der Waals surface area contributed by atoms with Gasteiger partial charge in [0.1, 0.15) is 29.0 Å². The monoisotopic (exact) mass is 483 g/mol. The standard InChI is InChI=1S/C27H18ClN3O4/c28-24-12-11-21(15-25(24)31(33)34)30-27(32)20(16-29)14-23-22-9-5-4-8-19(22)10-13-26(23)35-17-18-6-2-1-3-7-18/h1-15H,17H2,(H,30,32)/b20-14+. The summed E-state index contributed by atoms with van der Waals surface area (Å²) in [6, 6.07) is 26.7. The van der Waals surface area contributed by atoms with E-state index in [9.17, 15) is 20.2 Å². The van der Waals surface area contributed by atoms with Crippen LogP contribution in [0.25, 0.3) is 16.8 Å². The summed E-state index contributed by atoms with van der Waals surface area (Å²) < 4.78 is 6.05. The quantitative estimate of drug-likeness (QED) is 0.139. The molecule has 172 valence electrons. The van der Waals surface area contributed by atoms with Gasteiger partial charge in [0, 0.05) is 17.3 Å². The minimum absolute atomic E-state index is 0.0555. The Kier molecular flexibility index (Phi) is 7.05. The second-order valence-corrected chi connectivity index (χ2v) is 7.93. The van der Waals surface area contributed by atoms with E-state index in [1.165, 1.54) is 18.2 Å². The Hall–Kier alpha value is -4.67.